The monoisotopic (exact) mass is 393 g/mol. The number of para-hydroxylation sites is 1. The van der Waals surface area contributed by atoms with Crippen LogP contribution in [-0.2, 0) is 0 Å². The molecule has 0 fully saturated rings. The van der Waals surface area contributed by atoms with Crippen LogP contribution in [0.4, 0.5) is 4.39 Å². The Bertz CT molecular complexity index is 1280. The molecule has 0 amide bonds. The number of aromatic hydroxyl groups is 1. The average Bonchev–Trinajstić information content (AvgIpc) is 2.69. The third-order valence-corrected chi connectivity index (χ3v) is 4.48. The highest BCUT2D eigenvalue weighted by molar-refractivity contribution is 6.31. The zero-order valence-corrected chi connectivity index (χ0v) is 15.1. The van der Waals surface area contributed by atoms with Crippen molar-refractivity contribution < 1.29 is 9.50 Å². The zero-order valence-electron chi connectivity index (χ0n) is 14.4. The van der Waals surface area contributed by atoms with Gasteiger partial charge in [0.2, 0.25) is 0 Å². The Morgan fingerprint density at radius 2 is 1.89 bits per heavy atom. The van der Waals surface area contributed by atoms with Gasteiger partial charge in [0.25, 0.3) is 5.56 Å². The van der Waals surface area contributed by atoms with Gasteiger partial charge in [0.1, 0.15) is 17.4 Å². The first-order valence-corrected chi connectivity index (χ1v) is 8.71. The van der Waals surface area contributed by atoms with Crippen molar-refractivity contribution in [3.8, 4) is 11.4 Å². The van der Waals surface area contributed by atoms with Crippen LogP contribution in [0.15, 0.2) is 65.6 Å². The summed E-state index contributed by atoms with van der Waals surface area (Å²) in [7, 11) is 0. The Hall–Kier alpha value is -3.51. The summed E-state index contributed by atoms with van der Waals surface area (Å²) >= 11 is 6.19. The summed E-state index contributed by atoms with van der Waals surface area (Å²) in [4.78, 5) is 21.6. The Morgan fingerprint density at radius 1 is 1.07 bits per heavy atom. The Morgan fingerprint density at radius 3 is 2.68 bits per heavy atom. The summed E-state index contributed by atoms with van der Waals surface area (Å²) in [5.74, 6) is -0.176. The van der Waals surface area contributed by atoms with E-state index in [-0.39, 0.29) is 22.1 Å². The van der Waals surface area contributed by atoms with Crippen molar-refractivity contribution in [3.05, 3.63) is 93.5 Å². The molecule has 2 heterocycles. The molecule has 138 valence electrons. The molecule has 0 aliphatic carbocycles. The zero-order chi connectivity index (χ0) is 19.7. The van der Waals surface area contributed by atoms with Crippen molar-refractivity contribution in [1.29, 1.82) is 0 Å². The number of benzene rings is 2. The molecular weight excluding hydrogens is 381 g/mol. The Kier molecular flexibility index (Phi) is 4.63. The van der Waals surface area contributed by atoms with Gasteiger partial charge in [-0.05, 0) is 48.6 Å². The minimum absolute atomic E-state index is 0.0925. The first-order chi connectivity index (χ1) is 13.5. The SMILES string of the molecule is O=c1c2cc(F)ccc2nc(/C=C/c2ccccc2O)n1-c1cccnc1Cl. The molecule has 0 unspecified atom stereocenters. The number of rotatable bonds is 3. The molecule has 0 atom stereocenters. The molecule has 7 heteroatoms. The number of phenolic OH excluding ortho intramolecular Hbond substituents is 1. The number of hydrogen-bond acceptors (Lipinski definition) is 4. The van der Waals surface area contributed by atoms with Gasteiger partial charge in [0.15, 0.2) is 5.15 Å². The molecule has 0 spiro atoms. The highest BCUT2D eigenvalue weighted by Crippen LogP contribution is 2.22. The van der Waals surface area contributed by atoms with Crippen LogP contribution in [0.2, 0.25) is 5.15 Å². The van der Waals surface area contributed by atoms with Crippen molar-refractivity contribution in [1.82, 2.24) is 14.5 Å². The minimum Gasteiger partial charge on any atom is -0.507 e. The fourth-order valence-electron chi connectivity index (χ4n) is 2.86. The number of fused-ring (bicyclic) bond motifs is 1. The topological polar surface area (TPSA) is 68.0 Å². The third kappa shape index (κ3) is 3.25. The van der Waals surface area contributed by atoms with E-state index < -0.39 is 11.4 Å². The van der Waals surface area contributed by atoms with Gasteiger partial charge < -0.3 is 5.11 Å². The smallest absolute Gasteiger partial charge is 0.266 e. The molecule has 28 heavy (non-hydrogen) atoms. The standard InChI is InChI=1S/C21H13ClFN3O2/c22-20-17(5-3-11-24-20)26-19(10-7-13-4-1-2-6-18(13)27)25-16-9-8-14(23)12-15(16)21(26)28/h1-12,27H/b10-7+. The van der Waals surface area contributed by atoms with Gasteiger partial charge in [-0.2, -0.15) is 0 Å². The Labute approximate surface area is 164 Å². The van der Waals surface area contributed by atoms with Gasteiger partial charge in [-0.3, -0.25) is 9.36 Å². The van der Waals surface area contributed by atoms with Gasteiger partial charge >= 0.3 is 0 Å². The molecule has 1 N–H and O–H groups in total. The summed E-state index contributed by atoms with van der Waals surface area (Å²) in [5.41, 5.74) is 0.750. The van der Waals surface area contributed by atoms with Gasteiger partial charge in [-0.1, -0.05) is 29.8 Å². The highest BCUT2D eigenvalue weighted by Gasteiger charge is 2.14. The van der Waals surface area contributed by atoms with Crippen LogP contribution in [-0.4, -0.2) is 19.6 Å². The van der Waals surface area contributed by atoms with Crippen molar-refractivity contribution in [2.24, 2.45) is 0 Å². The van der Waals surface area contributed by atoms with Crippen molar-refractivity contribution in [3.63, 3.8) is 0 Å². The van der Waals surface area contributed by atoms with Crippen LogP contribution in [0.3, 0.4) is 0 Å². The average molecular weight is 394 g/mol. The van der Waals surface area contributed by atoms with Crippen molar-refractivity contribution in [2.75, 3.05) is 0 Å². The first kappa shape index (κ1) is 17.9. The van der Waals surface area contributed by atoms with Gasteiger partial charge in [-0.15, -0.1) is 0 Å². The van der Waals surface area contributed by atoms with Gasteiger partial charge in [-0.25, -0.2) is 14.4 Å². The first-order valence-electron chi connectivity index (χ1n) is 8.34. The van der Waals surface area contributed by atoms with E-state index in [1.807, 2.05) is 0 Å². The second-order valence-electron chi connectivity index (χ2n) is 5.98. The van der Waals surface area contributed by atoms with Crippen LogP contribution >= 0.6 is 11.6 Å². The van der Waals surface area contributed by atoms with Crippen LogP contribution < -0.4 is 5.56 Å². The van der Waals surface area contributed by atoms with E-state index in [2.05, 4.69) is 9.97 Å². The van der Waals surface area contributed by atoms with Crippen LogP contribution in [0.1, 0.15) is 11.4 Å². The maximum Gasteiger partial charge on any atom is 0.266 e. The molecule has 0 aliphatic rings. The second-order valence-corrected chi connectivity index (χ2v) is 6.34. The predicted molar refractivity (Wildman–Crippen MR) is 107 cm³/mol. The Balaban J connectivity index is 2.00. The number of aromatic nitrogens is 3. The largest absolute Gasteiger partial charge is 0.507 e. The van der Waals surface area contributed by atoms with Crippen LogP contribution in [0, 0.1) is 5.82 Å². The molecule has 2 aromatic heterocycles. The maximum atomic E-state index is 13.7. The number of phenols is 1. The van der Waals surface area contributed by atoms with Gasteiger partial charge in [0, 0.05) is 11.8 Å². The molecule has 5 nitrogen and oxygen atoms in total. The van der Waals surface area contributed by atoms with Gasteiger partial charge in [0.05, 0.1) is 16.6 Å². The fourth-order valence-corrected chi connectivity index (χ4v) is 3.06. The van der Waals surface area contributed by atoms with E-state index in [0.29, 0.717) is 16.8 Å². The molecule has 2 aromatic carbocycles. The minimum atomic E-state index is -0.535. The molecule has 0 bridgehead atoms. The van der Waals surface area contributed by atoms with E-state index in [4.69, 9.17) is 11.6 Å². The molecule has 0 radical (unpaired) electrons. The third-order valence-electron chi connectivity index (χ3n) is 4.19. The lowest BCUT2D eigenvalue weighted by atomic mass is 10.2. The lowest BCUT2D eigenvalue weighted by Gasteiger charge is -2.12. The van der Waals surface area contributed by atoms with E-state index in [1.54, 1.807) is 48.6 Å². The summed E-state index contributed by atoms with van der Waals surface area (Å²) in [6.07, 6.45) is 4.72. The second kappa shape index (κ2) is 7.25. The number of pyridine rings is 1. The normalized spacial score (nSPS) is 11.4. The van der Waals surface area contributed by atoms with Crippen LogP contribution in [0.25, 0.3) is 28.7 Å². The number of halogens is 2. The van der Waals surface area contributed by atoms with Crippen LogP contribution in [0.5, 0.6) is 5.75 Å². The molecule has 0 saturated heterocycles. The predicted octanol–water partition coefficient (Wildman–Crippen LogP) is 4.45. The molecule has 4 aromatic rings. The van der Waals surface area contributed by atoms with E-state index in [0.717, 1.165) is 6.07 Å². The van der Waals surface area contributed by atoms with Crippen molar-refractivity contribution in [2.45, 2.75) is 0 Å². The quantitative estimate of drug-likeness (QED) is 0.522. The summed E-state index contributed by atoms with van der Waals surface area (Å²) in [6.45, 7) is 0. The van der Waals surface area contributed by atoms with E-state index in [9.17, 15) is 14.3 Å². The molecule has 4 rings (SSSR count). The summed E-state index contributed by atoms with van der Waals surface area (Å²) in [6, 6.07) is 13.9. The van der Waals surface area contributed by atoms with Crippen molar-refractivity contribution >= 4 is 34.7 Å². The maximum absolute atomic E-state index is 13.7. The number of hydrogen-bond donors (Lipinski definition) is 1. The summed E-state index contributed by atoms with van der Waals surface area (Å²) < 4.78 is 15.0. The number of nitrogens with zero attached hydrogens (tertiary/aromatic N) is 3. The lowest BCUT2D eigenvalue weighted by Crippen LogP contribution is -2.23. The van der Waals surface area contributed by atoms with E-state index >= 15 is 0 Å². The molecule has 0 aliphatic heterocycles. The van der Waals surface area contributed by atoms with E-state index in [1.165, 1.54) is 22.9 Å². The molecular formula is C21H13ClFN3O2. The summed E-state index contributed by atoms with van der Waals surface area (Å²) in [5, 5.41) is 10.2. The lowest BCUT2D eigenvalue weighted by molar-refractivity contribution is 0.474. The fraction of sp³-hybridized carbons (Fsp3) is 0. The molecule has 0 saturated carbocycles. The highest BCUT2D eigenvalue weighted by atomic mass is 35.5.